The van der Waals surface area contributed by atoms with Gasteiger partial charge in [-0.1, -0.05) is 36.7 Å². The Hall–Kier alpha value is -2.21. The Balaban J connectivity index is 1.47. The third-order valence-corrected chi connectivity index (χ3v) is 5.41. The Morgan fingerprint density at radius 1 is 1.36 bits per heavy atom. The van der Waals surface area contributed by atoms with Crippen molar-refractivity contribution in [3.05, 3.63) is 46.3 Å². The van der Waals surface area contributed by atoms with E-state index < -0.39 is 0 Å². The topological polar surface area (TPSA) is 65.7 Å². The summed E-state index contributed by atoms with van der Waals surface area (Å²) in [6, 6.07) is 8.09. The first-order valence-electron chi connectivity index (χ1n) is 9.87. The molecule has 3 rings (SSSR count). The first-order valence-corrected chi connectivity index (χ1v) is 10.2. The van der Waals surface area contributed by atoms with Crippen LogP contribution < -0.4 is 15.5 Å². The number of hydrogen-bond acceptors (Lipinski definition) is 4. The zero-order valence-electron chi connectivity index (χ0n) is 17.1. The second kappa shape index (κ2) is 9.32. The summed E-state index contributed by atoms with van der Waals surface area (Å²) in [7, 11) is 1.78. The number of anilines is 1. The molecular weight excluding hydrogens is 374 g/mol. The van der Waals surface area contributed by atoms with Crippen molar-refractivity contribution < 1.29 is 4.52 Å². The van der Waals surface area contributed by atoms with E-state index in [0.717, 1.165) is 48.5 Å². The Morgan fingerprint density at radius 3 is 2.89 bits per heavy atom. The molecule has 0 bridgehead atoms. The molecule has 1 fully saturated rings. The van der Waals surface area contributed by atoms with Gasteiger partial charge in [-0.25, -0.2) is 0 Å². The van der Waals surface area contributed by atoms with E-state index in [4.69, 9.17) is 16.1 Å². The van der Waals surface area contributed by atoms with Gasteiger partial charge in [0.2, 0.25) is 0 Å². The lowest BCUT2D eigenvalue weighted by molar-refractivity contribution is 0.371. The lowest BCUT2D eigenvalue weighted by Crippen LogP contribution is -2.39. The number of guanidine groups is 1. The maximum absolute atomic E-state index is 6.18. The van der Waals surface area contributed by atoms with Gasteiger partial charge in [-0.2, -0.15) is 0 Å². The number of benzene rings is 1. The quantitative estimate of drug-likeness (QED) is 0.564. The van der Waals surface area contributed by atoms with E-state index in [9.17, 15) is 0 Å². The van der Waals surface area contributed by atoms with Crippen LogP contribution >= 0.6 is 11.6 Å². The third-order valence-electron chi connectivity index (χ3n) is 5.18. The van der Waals surface area contributed by atoms with Gasteiger partial charge in [0.1, 0.15) is 0 Å². The molecule has 152 valence electrons. The number of rotatable bonds is 6. The fraction of sp³-hybridized carbons (Fsp3) is 0.524. The normalized spacial score (nSPS) is 17.4. The number of nitrogens with one attached hydrogen (secondary N) is 2. The summed E-state index contributed by atoms with van der Waals surface area (Å²) in [4.78, 5) is 6.73. The standard InChI is InChI=1S/C21H30ClN5O/c1-14(2)19-10-18(28-26-19)12-25-21(23-4)24-11-16-7-8-27(13-16)20-9-17(22)6-5-15(20)3/h5-6,9-10,14,16H,7-8,11-13H2,1-4H3,(H2,23,24,25). The monoisotopic (exact) mass is 403 g/mol. The molecule has 1 atom stereocenters. The molecule has 2 N–H and O–H groups in total. The minimum absolute atomic E-state index is 0.364. The van der Waals surface area contributed by atoms with Crippen LogP contribution in [0, 0.1) is 12.8 Å². The SMILES string of the molecule is CN=C(NCc1cc(C(C)C)no1)NCC1CCN(c2cc(Cl)ccc2C)C1. The molecule has 0 spiro atoms. The van der Waals surface area contributed by atoms with Gasteiger partial charge < -0.3 is 20.1 Å². The highest BCUT2D eigenvalue weighted by Crippen LogP contribution is 2.29. The van der Waals surface area contributed by atoms with Gasteiger partial charge in [-0.15, -0.1) is 0 Å². The first kappa shape index (κ1) is 20.5. The Kier molecular flexibility index (Phi) is 6.83. The molecule has 1 aliphatic heterocycles. The Morgan fingerprint density at radius 2 is 2.18 bits per heavy atom. The zero-order valence-corrected chi connectivity index (χ0v) is 17.9. The van der Waals surface area contributed by atoms with E-state index in [2.05, 4.69) is 58.6 Å². The highest BCUT2D eigenvalue weighted by molar-refractivity contribution is 6.30. The number of halogens is 1. The van der Waals surface area contributed by atoms with E-state index in [-0.39, 0.29) is 0 Å². The zero-order chi connectivity index (χ0) is 20.1. The Bertz CT molecular complexity index is 817. The molecule has 1 aliphatic rings. The molecule has 28 heavy (non-hydrogen) atoms. The van der Waals surface area contributed by atoms with Crippen LogP contribution in [0.15, 0.2) is 33.8 Å². The van der Waals surface area contributed by atoms with Crippen molar-refractivity contribution in [1.29, 1.82) is 0 Å². The molecule has 6 nitrogen and oxygen atoms in total. The highest BCUT2D eigenvalue weighted by atomic mass is 35.5. The van der Waals surface area contributed by atoms with Crippen molar-refractivity contribution in [2.75, 3.05) is 31.6 Å². The molecule has 0 aliphatic carbocycles. The summed E-state index contributed by atoms with van der Waals surface area (Å²) in [6.45, 7) is 9.86. The van der Waals surface area contributed by atoms with Crippen molar-refractivity contribution in [3.63, 3.8) is 0 Å². The average Bonchev–Trinajstić information content (AvgIpc) is 3.33. The lowest BCUT2D eigenvalue weighted by atomic mass is 10.1. The van der Waals surface area contributed by atoms with E-state index in [1.807, 2.05) is 12.1 Å². The van der Waals surface area contributed by atoms with Crippen molar-refractivity contribution in [1.82, 2.24) is 15.8 Å². The number of aryl methyl sites for hydroxylation is 1. The summed E-state index contributed by atoms with van der Waals surface area (Å²) in [5, 5.41) is 11.6. The molecule has 1 aromatic carbocycles. The molecule has 1 unspecified atom stereocenters. The summed E-state index contributed by atoms with van der Waals surface area (Å²) in [5.74, 6) is 2.52. The summed E-state index contributed by atoms with van der Waals surface area (Å²) in [6.07, 6.45) is 1.15. The Labute approximate surface area is 172 Å². The number of nitrogens with zero attached hydrogens (tertiary/aromatic N) is 3. The summed E-state index contributed by atoms with van der Waals surface area (Å²) in [5.41, 5.74) is 3.48. The van der Waals surface area contributed by atoms with Gasteiger partial charge in [-0.05, 0) is 42.9 Å². The molecule has 1 aromatic heterocycles. The maximum atomic E-state index is 6.18. The van der Waals surface area contributed by atoms with Crippen LogP contribution in [0.2, 0.25) is 5.02 Å². The number of aliphatic imine (C=N–C) groups is 1. The molecule has 1 saturated heterocycles. The summed E-state index contributed by atoms with van der Waals surface area (Å²) >= 11 is 6.18. The van der Waals surface area contributed by atoms with Crippen LogP contribution in [0.3, 0.4) is 0 Å². The third kappa shape index (κ3) is 5.19. The molecule has 0 radical (unpaired) electrons. The van der Waals surface area contributed by atoms with Crippen LogP contribution in [0.5, 0.6) is 0 Å². The number of hydrogen-bond donors (Lipinski definition) is 2. The van der Waals surface area contributed by atoms with Crippen LogP contribution in [0.4, 0.5) is 5.69 Å². The molecule has 2 aromatic rings. The fourth-order valence-corrected chi connectivity index (χ4v) is 3.62. The van der Waals surface area contributed by atoms with Crippen molar-refractivity contribution in [2.24, 2.45) is 10.9 Å². The molecular formula is C21H30ClN5O. The highest BCUT2D eigenvalue weighted by Gasteiger charge is 2.24. The fourth-order valence-electron chi connectivity index (χ4n) is 3.46. The average molecular weight is 404 g/mol. The van der Waals surface area contributed by atoms with Gasteiger partial charge in [0.15, 0.2) is 11.7 Å². The van der Waals surface area contributed by atoms with Gasteiger partial charge in [0.25, 0.3) is 0 Å². The lowest BCUT2D eigenvalue weighted by Gasteiger charge is -2.21. The molecule has 0 amide bonds. The van der Waals surface area contributed by atoms with E-state index in [1.54, 1.807) is 7.05 Å². The minimum atomic E-state index is 0.364. The van der Waals surface area contributed by atoms with E-state index in [1.165, 1.54) is 11.3 Å². The molecule has 0 saturated carbocycles. The van der Waals surface area contributed by atoms with E-state index >= 15 is 0 Å². The van der Waals surface area contributed by atoms with Crippen molar-refractivity contribution in [2.45, 2.75) is 39.7 Å². The van der Waals surface area contributed by atoms with Crippen molar-refractivity contribution in [3.8, 4) is 0 Å². The largest absolute Gasteiger partial charge is 0.371 e. The number of aromatic nitrogens is 1. The van der Waals surface area contributed by atoms with Crippen LogP contribution in [0.25, 0.3) is 0 Å². The van der Waals surface area contributed by atoms with E-state index in [0.29, 0.717) is 18.4 Å². The van der Waals surface area contributed by atoms with Gasteiger partial charge in [-0.3, -0.25) is 4.99 Å². The molecule has 2 heterocycles. The second-order valence-corrected chi connectivity index (χ2v) is 8.15. The van der Waals surface area contributed by atoms with Gasteiger partial charge in [0, 0.05) is 43.5 Å². The molecule has 7 heteroatoms. The maximum Gasteiger partial charge on any atom is 0.191 e. The van der Waals surface area contributed by atoms with Crippen LogP contribution in [0.1, 0.15) is 43.2 Å². The van der Waals surface area contributed by atoms with Crippen LogP contribution in [-0.2, 0) is 6.54 Å². The smallest absolute Gasteiger partial charge is 0.191 e. The van der Waals surface area contributed by atoms with Crippen LogP contribution in [-0.4, -0.2) is 37.8 Å². The predicted octanol–water partition coefficient (Wildman–Crippen LogP) is 3.95. The first-order chi connectivity index (χ1) is 13.5. The second-order valence-electron chi connectivity index (χ2n) is 7.71. The summed E-state index contributed by atoms with van der Waals surface area (Å²) < 4.78 is 5.37. The van der Waals surface area contributed by atoms with Crippen molar-refractivity contribution >= 4 is 23.2 Å². The van der Waals surface area contributed by atoms with Gasteiger partial charge >= 0.3 is 0 Å². The van der Waals surface area contributed by atoms with Gasteiger partial charge in [0.05, 0.1) is 12.2 Å². The minimum Gasteiger partial charge on any atom is -0.371 e. The predicted molar refractivity (Wildman–Crippen MR) is 115 cm³/mol.